The first kappa shape index (κ1) is 15.3. The Labute approximate surface area is 126 Å². The molecule has 1 heterocycles. The summed E-state index contributed by atoms with van der Waals surface area (Å²) in [5, 5.41) is 0.333. The molecule has 0 aromatic heterocycles. The lowest BCUT2D eigenvalue weighted by Crippen LogP contribution is -2.26. The Morgan fingerprint density at radius 2 is 1.77 bits per heavy atom. The standard InChI is InChI=1S/C17H17F3O2/c1-2-3-10-8-21-17(22-9-10)11-4-5-13-12(6-11)7-14(18)16(20)15(13)19/h4-7,10,17H,2-3,8-9H2,1H3. The van der Waals surface area contributed by atoms with Crippen LogP contribution >= 0.6 is 0 Å². The first-order valence-electron chi connectivity index (χ1n) is 7.40. The molecule has 0 spiro atoms. The second kappa shape index (κ2) is 6.26. The zero-order valence-electron chi connectivity index (χ0n) is 12.2. The van der Waals surface area contributed by atoms with E-state index < -0.39 is 23.7 Å². The van der Waals surface area contributed by atoms with E-state index in [0.29, 0.717) is 24.7 Å². The fraction of sp³-hybridized carbons (Fsp3) is 0.412. The summed E-state index contributed by atoms with van der Waals surface area (Å²) >= 11 is 0. The predicted molar refractivity (Wildman–Crippen MR) is 76.9 cm³/mol. The molecule has 118 valence electrons. The van der Waals surface area contributed by atoms with Gasteiger partial charge in [-0.25, -0.2) is 13.2 Å². The average Bonchev–Trinajstić information content (AvgIpc) is 2.53. The molecule has 1 fully saturated rings. The highest BCUT2D eigenvalue weighted by Gasteiger charge is 2.24. The van der Waals surface area contributed by atoms with Gasteiger partial charge in [0, 0.05) is 16.9 Å². The van der Waals surface area contributed by atoms with Crippen molar-refractivity contribution in [3.8, 4) is 0 Å². The second-order valence-electron chi connectivity index (χ2n) is 5.62. The van der Waals surface area contributed by atoms with E-state index in [2.05, 4.69) is 6.92 Å². The Morgan fingerprint density at radius 1 is 1.05 bits per heavy atom. The molecule has 0 atom stereocenters. The van der Waals surface area contributed by atoms with Gasteiger partial charge in [0.25, 0.3) is 0 Å². The van der Waals surface area contributed by atoms with Crippen LogP contribution in [0.5, 0.6) is 0 Å². The molecule has 2 aromatic rings. The summed E-state index contributed by atoms with van der Waals surface area (Å²) in [6.07, 6.45) is 1.57. The molecule has 5 heteroatoms. The van der Waals surface area contributed by atoms with Crippen LogP contribution in [0.15, 0.2) is 24.3 Å². The van der Waals surface area contributed by atoms with Crippen LogP contribution < -0.4 is 0 Å². The highest BCUT2D eigenvalue weighted by atomic mass is 19.2. The summed E-state index contributed by atoms with van der Waals surface area (Å²) in [4.78, 5) is 0. The summed E-state index contributed by atoms with van der Waals surface area (Å²) in [7, 11) is 0. The molecule has 2 nitrogen and oxygen atoms in total. The largest absolute Gasteiger partial charge is 0.348 e. The van der Waals surface area contributed by atoms with Crippen LogP contribution in [0.25, 0.3) is 10.8 Å². The SMILES string of the molecule is CCCC1COC(c2ccc3c(F)c(F)c(F)cc3c2)OC1. The predicted octanol–water partition coefficient (Wildman–Crippen LogP) is 4.72. The molecule has 2 aromatic carbocycles. The molecule has 0 saturated carbocycles. The van der Waals surface area contributed by atoms with Crippen molar-refractivity contribution in [2.45, 2.75) is 26.1 Å². The third-order valence-corrected chi connectivity index (χ3v) is 3.93. The van der Waals surface area contributed by atoms with E-state index in [1.54, 1.807) is 12.1 Å². The van der Waals surface area contributed by atoms with Gasteiger partial charge in [-0.05, 0) is 23.9 Å². The highest BCUT2D eigenvalue weighted by Crippen LogP contribution is 2.30. The van der Waals surface area contributed by atoms with E-state index in [4.69, 9.17) is 9.47 Å². The third-order valence-electron chi connectivity index (χ3n) is 3.93. The van der Waals surface area contributed by atoms with Crippen LogP contribution in [-0.2, 0) is 9.47 Å². The maximum Gasteiger partial charge on any atom is 0.195 e. The maximum absolute atomic E-state index is 13.7. The van der Waals surface area contributed by atoms with Crippen LogP contribution in [0.3, 0.4) is 0 Å². The Morgan fingerprint density at radius 3 is 2.45 bits per heavy atom. The minimum atomic E-state index is -1.45. The quantitative estimate of drug-likeness (QED) is 0.764. The molecule has 0 amide bonds. The molecule has 1 aliphatic heterocycles. The number of rotatable bonds is 3. The molecule has 0 N–H and O–H groups in total. The van der Waals surface area contributed by atoms with Gasteiger partial charge in [0.15, 0.2) is 23.7 Å². The van der Waals surface area contributed by atoms with Crippen molar-refractivity contribution < 1.29 is 22.6 Å². The number of ether oxygens (including phenoxy) is 2. The van der Waals surface area contributed by atoms with Gasteiger partial charge in [0.05, 0.1) is 13.2 Å². The minimum Gasteiger partial charge on any atom is -0.348 e. The molecule has 0 unspecified atom stereocenters. The Bertz CT molecular complexity index is 679. The van der Waals surface area contributed by atoms with Crippen molar-refractivity contribution in [3.05, 3.63) is 47.3 Å². The van der Waals surface area contributed by atoms with Crippen molar-refractivity contribution in [2.75, 3.05) is 13.2 Å². The third kappa shape index (κ3) is 2.83. The van der Waals surface area contributed by atoms with Gasteiger partial charge < -0.3 is 9.47 Å². The molecule has 1 aliphatic rings. The smallest absolute Gasteiger partial charge is 0.195 e. The normalized spacial score (nSPS) is 22.2. The lowest BCUT2D eigenvalue weighted by Gasteiger charge is -2.29. The van der Waals surface area contributed by atoms with Gasteiger partial charge >= 0.3 is 0 Å². The molecule has 22 heavy (non-hydrogen) atoms. The van der Waals surface area contributed by atoms with Gasteiger partial charge in [-0.1, -0.05) is 25.5 Å². The Balaban J connectivity index is 1.85. The first-order valence-corrected chi connectivity index (χ1v) is 7.40. The number of halogens is 3. The van der Waals surface area contributed by atoms with E-state index in [1.165, 1.54) is 6.07 Å². The van der Waals surface area contributed by atoms with Crippen LogP contribution in [0.1, 0.15) is 31.6 Å². The van der Waals surface area contributed by atoms with Gasteiger partial charge in [-0.15, -0.1) is 0 Å². The second-order valence-corrected chi connectivity index (χ2v) is 5.62. The monoisotopic (exact) mass is 310 g/mol. The van der Waals surface area contributed by atoms with Gasteiger partial charge in [0.2, 0.25) is 0 Å². The zero-order valence-corrected chi connectivity index (χ0v) is 12.2. The van der Waals surface area contributed by atoms with Crippen LogP contribution in [0.4, 0.5) is 13.2 Å². The van der Waals surface area contributed by atoms with Crippen molar-refractivity contribution >= 4 is 10.8 Å². The summed E-state index contributed by atoms with van der Waals surface area (Å²) in [6, 6.07) is 5.60. The average molecular weight is 310 g/mol. The van der Waals surface area contributed by atoms with Crippen LogP contribution in [0, 0.1) is 23.4 Å². The molecule has 1 saturated heterocycles. The van der Waals surface area contributed by atoms with Crippen molar-refractivity contribution in [1.82, 2.24) is 0 Å². The Hall–Kier alpha value is -1.59. The maximum atomic E-state index is 13.7. The van der Waals surface area contributed by atoms with Crippen LogP contribution in [0.2, 0.25) is 0 Å². The van der Waals surface area contributed by atoms with E-state index in [1.807, 2.05) is 0 Å². The number of hydrogen-bond donors (Lipinski definition) is 0. The van der Waals surface area contributed by atoms with Crippen molar-refractivity contribution in [3.63, 3.8) is 0 Å². The zero-order chi connectivity index (χ0) is 15.7. The molecular formula is C17H17F3O2. The van der Waals surface area contributed by atoms with E-state index >= 15 is 0 Å². The topological polar surface area (TPSA) is 18.5 Å². The molecule has 0 aliphatic carbocycles. The van der Waals surface area contributed by atoms with E-state index in [-0.39, 0.29) is 10.8 Å². The number of hydrogen-bond acceptors (Lipinski definition) is 2. The minimum absolute atomic E-state index is 0.0438. The van der Waals surface area contributed by atoms with E-state index in [0.717, 1.165) is 18.9 Å². The van der Waals surface area contributed by atoms with Gasteiger partial charge in [-0.2, -0.15) is 0 Å². The van der Waals surface area contributed by atoms with Gasteiger partial charge in [-0.3, -0.25) is 0 Å². The summed E-state index contributed by atoms with van der Waals surface area (Å²) < 4.78 is 51.6. The van der Waals surface area contributed by atoms with Crippen LogP contribution in [-0.4, -0.2) is 13.2 Å². The lowest BCUT2D eigenvalue weighted by molar-refractivity contribution is -0.206. The fourth-order valence-corrected chi connectivity index (χ4v) is 2.78. The van der Waals surface area contributed by atoms with Crippen molar-refractivity contribution in [2.24, 2.45) is 5.92 Å². The summed E-state index contributed by atoms with van der Waals surface area (Å²) in [6.45, 7) is 3.31. The number of benzene rings is 2. The summed E-state index contributed by atoms with van der Waals surface area (Å²) in [5.74, 6) is -3.44. The Kier molecular flexibility index (Phi) is 4.36. The van der Waals surface area contributed by atoms with Gasteiger partial charge in [0.1, 0.15) is 0 Å². The fourth-order valence-electron chi connectivity index (χ4n) is 2.78. The lowest BCUT2D eigenvalue weighted by atomic mass is 10.0. The summed E-state index contributed by atoms with van der Waals surface area (Å²) in [5.41, 5.74) is 0.674. The number of fused-ring (bicyclic) bond motifs is 1. The first-order chi connectivity index (χ1) is 10.6. The molecule has 0 bridgehead atoms. The molecule has 3 rings (SSSR count). The van der Waals surface area contributed by atoms with E-state index in [9.17, 15) is 13.2 Å². The molecule has 0 radical (unpaired) electrons. The van der Waals surface area contributed by atoms with Crippen molar-refractivity contribution in [1.29, 1.82) is 0 Å². The highest BCUT2D eigenvalue weighted by molar-refractivity contribution is 5.84. The molecular weight excluding hydrogens is 293 g/mol.